The largest absolute Gasteiger partial charge is 0.489 e. The van der Waals surface area contributed by atoms with Gasteiger partial charge in [-0.3, -0.25) is 4.79 Å². The Kier molecular flexibility index (Phi) is 5.99. The molecule has 152 valence electrons. The summed E-state index contributed by atoms with van der Waals surface area (Å²) in [6.07, 6.45) is 1.63. The minimum absolute atomic E-state index is 0.191. The van der Waals surface area contributed by atoms with E-state index in [0.29, 0.717) is 48.3 Å². The van der Waals surface area contributed by atoms with Crippen LogP contribution in [-0.4, -0.2) is 5.78 Å². The standard InChI is InChI=1S/C23H14Cl4O3/c1-12-7-14(29-11-15-16(24)3-2-4-17(15)25)10-20-22(12)23(28)21(30-20)9-13-5-6-18(26)19(27)8-13/h2-10H,11H2,1H3/b21-9-. The molecule has 7 heteroatoms. The summed E-state index contributed by atoms with van der Waals surface area (Å²) in [6.45, 7) is 2.02. The zero-order chi connectivity index (χ0) is 21.4. The summed E-state index contributed by atoms with van der Waals surface area (Å²) in [5, 5.41) is 1.90. The Balaban J connectivity index is 1.59. The average Bonchev–Trinajstić information content (AvgIpc) is 3.00. The Morgan fingerprint density at radius 1 is 0.933 bits per heavy atom. The number of ketones is 1. The van der Waals surface area contributed by atoms with E-state index in [2.05, 4.69) is 0 Å². The van der Waals surface area contributed by atoms with Crippen LogP contribution in [0, 0.1) is 6.92 Å². The first-order valence-corrected chi connectivity index (χ1v) is 10.4. The van der Waals surface area contributed by atoms with Crippen LogP contribution >= 0.6 is 46.4 Å². The van der Waals surface area contributed by atoms with Gasteiger partial charge in [-0.1, -0.05) is 58.5 Å². The molecule has 4 rings (SSSR count). The Morgan fingerprint density at radius 3 is 2.37 bits per heavy atom. The highest BCUT2D eigenvalue weighted by Crippen LogP contribution is 2.38. The molecular formula is C23H14Cl4O3. The van der Waals surface area contributed by atoms with Crippen molar-refractivity contribution < 1.29 is 14.3 Å². The van der Waals surface area contributed by atoms with Crippen molar-refractivity contribution in [1.82, 2.24) is 0 Å². The number of allylic oxidation sites excluding steroid dienone is 1. The van der Waals surface area contributed by atoms with Crippen molar-refractivity contribution in [1.29, 1.82) is 0 Å². The molecule has 3 aromatic rings. The third-order valence-electron chi connectivity index (χ3n) is 4.63. The summed E-state index contributed by atoms with van der Waals surface area (Å²) >= 11 is 24.4. The predicted octanol–water partition coefficient (Wildman–Crippen LogP) is 7.80. The van der Waals surface area contributed by atoms with Gasteiger partial charge in [0.15, 0.2) is 5.76 Å². The summed E-state index contributed by atoms with van der Waals surface area (Å²) < 4.78 is 11.7. The molecule has 0 atom stereocenters. The maximum atomic E-state index is 12.8. The number of Topliss-reactive ketones (excluding diaryl/α,β-unsaturated/α-hetero) is 1. The number of carbonyl (C=O) groups is 1. The Morgan fingerprint density at radius 2 is 1.67 bits per heavy atom. The van der Waals surface area contributed by atoms with Crippen molar-refractivity contribution in [3.8, 4) is 11.5 Å². The highest BCUT2D eigenvalue weighted by Gasteiger charge is 2.30. The first-order valence-electron chi connectivity index (χ1n) is 8.93. The highest BCUT2D eigenvalue weighted by molar-refractivity contribution is 6.42. The molecule has 1 heterocycles. The van der Waals surface area contributed by atoms with Gasteiger partial charge in [0.2, 0.25) is 5.78 Å². The second kappa shape index (κ2) is 8.52. The van der Waals surface area contributed by atoms with Gasteiger partial charge in [-0.2, -0.15) is 0 Å². The van der Waals surface area contributed by atoms with E-state index in [1.807, 2.05) is 6.92 Å². The van der Waals surface area contributed by atoms with Gasteiger partial charge in [0, 0.05) is 21.7 Å². The number of carbonyl (C=O) groups excluding carboxylic acids is 1. The normalized spacial score (nSPS) is 14.0. The number of benzene rings is 3. The lowest BCUT2D eigenvalue weighted by atomic mass is 10.0. The van der Waals surface area contributed by atoms with Crippen LogP contribution in [0.4, 0.5) is 0 Å². The predicted molar refractivity (Wildman–Crippen MR) is 121 cm³/mol. The molecule has 0 saturated carbocycles. The van der Waals surface area contributed by atoms with Gasteiger partial charge in [0.05, 0.1) is 15.6 Å². The summed E-state index contributed by atoms with van der Waals surface area (Å²) in [7, 11) is 0. The van der Waals surface area contributed by atoms with Gasteiger partial charge in [0.25, 0.3) is 0 Å². The lowest BCUT2D eigenvalue weighted by Crippen LogP contribution is -2.00. The van der Waals surface area contributed by atoms with Crippen LogP contribution in [0.5, 0.6) is 11.5 Å². The number of hydrogen-bond donors (Lipinski definition) is 0. The van der Waals surface area contributed by atoms with E-state index in [-0.39, 0.29) is 18.1 Å². The smallest absolute Gasteiger partial charge is 0.232 e. The van der Waals surface area contributed by atoms with Gasteiger partial charge in [-0.15, -0.1) is 0 Å². The molecule has 3 nitrogen and oxygen atoms in total. The number of halogens is 4. The first kappa shape index (κ1) is 21.1. The molecule has 3 aromatic carbocycles. The van der Waals surface area contributed by atoms with Gasteiger partial charge < -0.3 is 9.47 Å². The van der Waals surface area contributed by atoms with Crippen LogP contribution in [0.15, 0.2) is 54.3 Å². The molecule has 0 fully saturated rings. The van der Waals surface area contributed by atoms with Crippen molar-refractivity contribution >= 4 is 58.3 Å². The monoisotopic (exact) mass is 478 g/mol. The van der Waals surface area contributed by atoms with Crippen LogP contribution < -0.4 is 9.47 Å². The third-order valence-corrected chi connectivity index (χ3v) is 6.08. The fourth-order valence-electron chi connectivity index (χ4n) is 3.14. The van der Waals surface area contributed by atoms with E-state index in [1.54, 1.807) is 54.6 Å². The SMILES string of the molecule is Cc1cc(OCc2c(Cl)cccc2Cl)cc2c1C(=O)/C(=C/c1ccc(Cl)c(Cl)c1)O2. The maximum Gasteiger partial charge on any atom is 0.232 e. The van der Waals surface area contributed by atoms with E-state index in [1.165, 1.54) is 0 Å². The van der Waals surface area contributed by atoms with Crippen LogP contribution in [0.2, 0.25) is 20.1 Å². The summed E-state index contributed by atoms with van der Waals surface area (Å²) in [4.78, 5) is 12.8. The third kappa shape index (κ3) is 4.17. The molecule has 0 N–H and O–H groups in total. The topological polar surface area (TPSA) is 35.5 Å². The lowest BCUT2D eigenvalue weighted by Gasteiger charge is -2.11. The minimum atomic E-state index is -0.200. The van der Waals surface area contributed by atoms with Gasteiger partial charge >= 0.3 is 0 Å². The maximum absolute atomic E-state index is 12.8. The zero-order valence-electron chi connectivity index (χ0n) is 15.6. The van der Waals surface area contributed by atoms with E-state index in [0.717, 1.165) is 5.56 Å². The number of ether oxygens (including phenoxy) is 2. The fraction of sp³-hybridized carbons (Fsp3) is 0.0870. The molecule has 0 spiro atoms. The lowest BCUT2D eigenvalue weighted by molar-refractivity contribution is 0.101. The minimum Gasteiger partial charge on any atom is -0.489 e. The number of hydrogen-bond acceptors (Lipinski definition) is 3. The fourth-order valence-corrected chi connectivity index (χ4v) is 3.95. The molecule has 30 heavy (non-hydrogen) atoms. The van der Waals surface area contributed by atoms with Crippen LogP contribution in [0.25, 0.3) is 6.08 Å². The number of rotatable bonds is 4. The number of fused-ring (bicyclic) bond motifs is 1. The first-order chi connectivity index (χ1) is 14.3. The van der Waals surface area contributed by atoms with Crippen molar-refractivity contribution in [3.63, 3.8) is 0 Å². The van der Waals surface area contributed by atoms with Crippen molar-refractivity contribution in [2.45, 2.75) is 13.5 Å². The molecule has 0 amide bonds. The van der Waals surface area contributed by atoms with E-state index in [4.69, 9.17) is 55.9 Å². The van der Waals surface area contributed by atoms with E-state index >= 15 is 0 Å². The Hall–Kier alpha value is -2.17. The molecular weight excluding hydrogens is 466 g/mol. The average molecular weight is 480 g/mol. The van der Waals surface area contributed by atoms with E-state index < -0.39 is 0 Å². The molecule has 0 saturated heterocycles. The Labute approximate surface area is 193 Å². The van der Waals surface area contributed by atoms with Crippen molar-refractivity contribution in [2.24, 2.45) is 0 Å². The van der Waals surface area contributed by atoms with Crippen LogP contribution in [0.1, 0.15) is 27.0 Å². The quantitative estimate of drug-likeness (QED) is 0.358. The molecule has 0 bridgehead atoms. The molecule has 0 aromatic heterocycles. The van der Waals surface area contributed by atoms with Crippen molar-refractivity contribution in [2.75, 3.05) is 0 Å². The van der Waals surface area contributed by atoms with Gasteiger partial charge in [-0.05, 0) is 54.5 Å². The summed E-state index contributed by atoms with van der Waals surface area (Å²) in [6, 6.07) is 13.8. The molecule has 0 radical (unpaired) electrons. The Bertz CT molecular complexity index is 1180. The van der Waals surface area contributed by atoms with Gasteiger partial charge in [0.1, 0.15) is 18.1 Å². The number of aryl methyl sites for hydroxylation is 1. The van der Waals surface area contributed by atoms with E-state index in [9.17, 15) is 4.79 Å². The van der Waals surface area contributed by atoms with Crippen molar-refractivity contribution in [3.05, 3.63) is 96.6 Å². The summed E-state index contributed by atoms with van der Waals surface area (Å²) in [5.74, 6) is 0.990. The summed E-state index contributed by atoms with van der Waals surface area (Å²) in [5.41, 5.74) is 2.65. The van der Waals surface area contributed by atoms with Gasteiger partial charge in [-0.25, -0.2) is 0 Å². The second-order valence-electron chi connectivity index (χ2n) is 6.72. The molecule has 0 unspecified atom stereocenters. The zero-order valence-corrected chi connectivity index (χ0v) is 18.7. The second-order valence-corrected chi connectivity index (χ2v) is 8.34. The molecule has 1 aliphatic rings. The highest BCUT2D eigenvalue weighted by atomic mass is 35.5. The van der Waals surface area contributed by atoms with Crippen LogP contribution in [0.3, 0.4) is 0 Å². The molecule has 1 aliphatic heterocycles. The van der Waals surface area contributed by atoms with Crippen LogP contribution in [-0.2, 0) is 6.61 Å². The molecule has 0 aliphatic carbocycles.